The van der Waals surface area contributed by atoms with Crippen molar-refractivity contribution in [1.82, 2.24) is 9.55 Å². The van der Waals surface area contributed by atoms with Crippen LogP contribution in [0.25, 0.3) is 16.5 Å². The van der Waals surface area contributed by atoms with Crippen LogP contribution in [-0.4, -0.2) is 9.55 Å². The first-order valence-electron chi connectivity index (χ1n) is 5.57. The third-order valence-electron chi connectivity index (χ3n) is 2.90. The molecule has 3 rings (SSSR count). The van der Waals surface area contributed by atoms with Crippen LogP contribution in [0.5, 0.6) is 0 Å². The van der Waals surface area contributed by atoms with Gasteiger partial charge in [0.25, 0.3) is 5.56 Å². The van der Waals surface area contributed by atoms with Gasteiger partial charge in [0.1, 0.15) is 0 Å². The van der Waals surface area contributed by atoms with Gasteiger partial charge in [0.15, 0.2) is 0 Å². The Morgan fingerprint density at radius 2 is 1.94 bits per heavy atom. The van der Waals surface area contributed by atoms with Gasteiger partial charge >= 0.3 is 0 Å². The summed E-state index contributed by atoms with van der Waals surface area (Å²) in [7, 11) is 0. The quantitative estimate of drug-likeness (QED) is 0.658. The topological polar surface area (TPSA) is 60.9 Å². The maximum atomic E-state index is 12.4. The minimum Gasteiger partial charge on any atom is -0.398 e. The number of benzene rings is 1. The summed E-state index contributed by atoms with van der Waals surface area (Å²) in [4.78, 5) is 16.4. The number of pyridine rings is 2. The Morgan fingerprint density at radius 3 is 2.72 bits per heavy atom. The Kier molecular flexibility index (Phi) is 2.34. The second kappa shape index (κ2) is 4.00. The minimum absolute atomic E-state index is 0.0900. The van der Waals surface area contributed by atoms with E-state index >= 15 is 0 Å². The van der Waals surface area contributed by atoms with Crippen LogP contribution in [0.2, 0.25) is 0 Å². The highest BCUT2D eigenvalue weighted by Gasteiger charge is 2.05. The van der Waals surface area contributed by atoms with Crippen molar-refractivity contribution < 1.29 is 0 Å². The fourth-order valence-corrected chi connectivity index (χ4v) is 2.00. The zero-order valence-electron chi connectivity index (χ0n) is 9.58. The summed E-state index contributed by atoms with van der Waals surface area (Å²) in [5.41, 5.74) is 7.12. The van der Waals surface area contributed by atoms with E-state index in [9.17, 15) is 4.79 Å². The van der Waals surface area contributed by atoms with Gasteiger partial charge in [-0.15, -0.1) is 0 Å². The van der Waals surface area contributed by atoms with Crippen molar-refractivity contribution in [3.63, 3.8) is 0 Å². The molecule has 0 aliphatic heterocycles. The van der Waals surface area contributed by atoms with E-state index in [1.54, 1.807) is 47.4 Å². The standard InChI is InChI=1S/C14H11N3O/c15-13-5-1-4-12-11(13)6-8-17(14(12)18)10-3-2-7-16-9-10/h1-9H,15H2. The van der Waals surface area contributed by atoms with Crippen LogP contribution < -0.4 is 11.3 Å². The smallest absolute Gasteiger partial charge is 0.263 e. The molecule has 2 aromatic heterocycles. The zero-order valence-corrected chi connectivity index (χ0v) is 9.58. The molecule has 0 atom stereocenters. The maximum absolute atomic E-state index is 12.4. The Balaban J connectivity index is 2.35. The lowest BCUT2D eigenvalue weighted by molar-refractivity contribution is 0.995. The lowest BCUT2D eigenvalue weighted by Gasteiger charge is -2.07. The Labute approximate surface area is 103 Å². The van der Waals surface area contributed by atoms with Crippen molar-refractivity contribution in [2.75, 3.05) is 5.73 Å². The zero-order chi connectivity index (χ0) is 12.5. The summed E-state index contributed by atoms with van der Waals surface area (Å²) >= 11 is 0. The molecule has 0 bridgehead atoms. The molecule has 18 heavy (non-hydrogen) atoms. The van der Waals surface area contributed by atoms with E-state index in [0.29, 0.717) is 11.1 Å². The molecular formula is C14H11N3O. The van der Waals surface area contributed by atoms with Gasteiger partial charge in [0.2, 0.25) is 0 Å². The molecule has 0 saturated carbocycles. The van der Waals surface area contributed by atoms with Gasteiger partial charge in [-0.3, -0.25) is 14.3 Å². The first-order valence-corrected chi connectivity index (χ1v) is 5.57. The minimum atomic E-state index is -0.0900. The van der Waals surface area contributed by atoms with E-state index < -0.39 is 0 Å². The van der Waals surface area contributed by atoms with Crippen LogP contribution in [0, 0.1) is 0 Å². The van der Waals surface area contributed by atoms with Gasteiger partial charge < -0.3 is 5.73 Å². The monoisotopic (exact) mass is 237 g/mol. The van der Waals surface area contributed by atoms with E-state index in [4.69, 9.17) is 5.73 Å². The largest absolute Gasteiger partial charge is 0.398 e. The average molecular weight is 237 g/mol. The molecule has 0 aliphatic carbocycles. The average Bonchev–Trinajstić information content (AvgIpc) is 2.41. The molecule has 1 aromatic carbocycles. The molecule has 0 spiro atoms. The van der Waals surface area contributed by atoms with Gasteiger partial charge in [0, 0.05) is 28.9 Å². The van der Waals surface area contributed by atoms with Crippen LogP contribution >= 0.6 is 0 Å². The second-order valence-electron chi connectivity index (χ2n) is 4.01. The van der Waals surface area contributed by atoms with E-state index in [2.05, 4.69) is 4.98 Å². The summed E-state index contributed by atoms with van der Waals surface area (Å²) in [6.07, 6.45) is 5.05. The third-order valence-corrected chi connectivity index (χ3v) is 2.90. The van der Waals surface area contributed by atoms with E-state index in [0.717, 1.165) is 11.1 Å². The first kappa shape index (κ1) is 10.5. The molecule has 2 N–H and O–H groups in total. The van der Waals surface area contributed by atoms with Crippen molar-refractivity contribution in [3.05, 3.63) is 65.3 Å². The van der Waals surface area contributed by atoms with Gasteiger partial charge in [-0.2, -0.15) is 0 Å². The van der Waals surface area contributed by atoms with Crippen molar-refractivity contribution in [2.45, 2.75) is 0 Å². The Morgan fingerprint density at radius 1 is 1.06 bits per heavy atom. The second-order valence-corrected chi connectivity index (χ2v) is 4.01. The number of fused-ring (bicyclic) bond motifs is 1. The number of rotatable bonds is 1. The highest BCUT2D eigenvalue weighted by atomic mass is 16.1. The van der Waals surface area contributed by atoms with Crippen LogP contribution in [0.1, 0.15) is 0 Å². The van der Waals surface area contributed by atoms with Crippen LogP contribution in [0.3, 0.4) is 0 Å². The lowest BCUT2D eigenvalue weighted by Crippen LogP contribution is -2.17. The number of nitrogens with two attached hydrogens (primary N) is 1. The molecule has 0 aliphatic rings. The number of aromatic nitrogens is 2. The van der Waals surface area contributed by atoms with Gasteiger partial charge in [-0.25, -0.2) is 0 Å². The van der Waals surface area contributed by atoms with Crippen LogP contribution in [0.4, 0.5) is 5.69 Å². The number of nitrogens with zero attached hydrogens (tertiary/aromatic N) is 2. The molecule has 2 heterocycles. The molecule has 4 nitrogen and oxygen atoms in total. The molecule has 0 unspecified atom stereocenters. The van der Waals surface area contributed by atoms with E-state index in [1.807, 2.05) is 12.1 Å². The highest BCUT2D eigenvalue weighted by Crippen LogP contribution is 2.17. The van der Waals surface area contributed by atoms with Crippen molar-refractivity contribution in [1.29, 1.82) is 0 Å². The van der Waals surface area contributed by atoms with Crippen LogP contribution in [0.15, 0.2) is 59.8 Å². The van der Waals surface area contributed by atoms with Crippen molar-refractivity contribution >= 4 is 16.5 Å². The molecule has 4 heteroatoms. The highest BCUT2D eigenvalue weighted by molar-refractivity contribution is 5.92. The summed E-state index contributed by atoms with van der Waals surface area (Å²) in [5.74, 6) is 0. The molecule has 0 fully saturated rings. The predicted octanol–water partition coefficient (Wildman–Crippen LogP) is 1.97. The van der Waals surface area contributed by atoms with Crippen molar-refractivity contribution in [2.24, 2.45) is 0 Å². The molecule has 0 amide bonds. The first-order chi connectivity index (χ1) is 8.77. The van der Waals surface area contributed by atoms with Gasteiger partial charge in [-0.05, 0) is 30.3 Å². The van der Waals surface area contributed by atoms with E-state index in [1.165, 1.54) is 0 Å². The molecule has 3 aromatic rings. The Hall–Kier alpha value is -2.62. The number of hydrogen-bond acceptors (Lipinski definition) is 3. The number of nitrogen functional groups attached to an aromatic ring is 1. The molecule has 88 valence electrons. The lowest BCUT2D eigenvalue weighted by atomic mass is 10.1. The maximum Gasteiger partial charge on any atom is 0.263 e. The fraction of sp³-hybridized carbons (Fsp3) is 0. The normalized spacial score (nSPS) is 10.7. The molecule has 0 radical (unpaired) electrons. The third kappa shape index (κ3) is 1.55. The summed E-state index contributed by atoms with van der Waals surface area (Å²) in [5, 5.41) is 1.39. The summed E-state index contributed by atoms with van der Waals surface area (Å²) in [6.45, 7) is 0. The number of hydrogen-bond donors (Lipinski definition) is 1. The predicted molar refractivity (Wildman–Crippen MR) is 71.8 cm³/mol. The fourth-order valence-electron chi connectivity index (χ4n) is 2.00. The SMILES string of the molecule is Nc1cccc2c(=O)n(-c3cccnc3)ccc12. The van der Waals surface area contributed by atoms with Crippen molar-refractivity contribution in [3.8, 4) is 5.69 Å². The summed E-state index contributed by atoms with van der Waals surface area (Å²) in [6, 6.07) is 10.8. The Bertz CT molecular complexity index is 763. The number of anilines is 1. The molecule has 0 saturated heterocycles. The summed E-state index contributed by atoms with van der Waals surface area (Å²) < 4.78 is 1.56. The molecular weight excluding hydrogens is 226 g/mol. The van der Waals surface area contributed by atoms with E-state index in [-0.39, 0.29) is 5.56 Å². The van der Waals surface area contributed by atoms with Gasteiger partial charge in [-0.1, -0.05) is 6.07 Å². The van der Waals surface area contributed by atoms with Crippen LogP contribution in [-0.2, 0) is 0 Å². The van der Waals surface area contributed by atoms with Gasteiger partial charge in [0.05, 0.1) is 11.9 Å².